The maximum absolute atomic E-state index is 14.8. The van der Waals surface area contributed by atoms with Crippen LogP contribution in [0.4, 0.5) is 4.39 Å². The Bertz CT molecular complexity index is 840. The van der Waals surface area contributed by atoms with Gasteiger partial charge in [-0.3, -0.25) is 9.59 Å². The average molecular weight is 487 g/mol. The molecule has 0 aromatic rings. The molecule has 9 heteroatoms. The molecule has 0 aromatic heterocycles. The molecule has 0 aromatic carbocycles. The van der Waals surface area contributed by atoms with E-state index in [4.69, 9.17) is 4.74 Å². The number of nitrogens with one attached hydrogen (secondary N) is 2. The number of carbonyl (C=O) groups excluding carboxylic acids is 2. The van der Waals surface area contributed by atoms with Gasteiger partial charge in [-0.15, -0.1) is 0 Å². The molecular weight excluding hydrogens is 447 g/mol. The molecule has 2 fully saturated rings. The molecule has 3 aliphatic carbocycles. The lowest BCUT2D eigenvalue weighted by Crippen LogP contribution is -2.43. The summed E-state index contributed by atoms with van der Waals surface area (Å²) in [6.07, 6.45) is 9.86. The Kier molecular flexibility index (Phi) is 8.95. The van der Waals surface area contributed by atoms with Crippen LogP contribution >= 0.6 is 0 Å². The second-order valence-electron chi connectivity index (χ2n) is 10.1. The smallest absolute Gasteiger partial charge is 0.309 e. The second kappa shape index (κ2) is 11.3. The van der Waals surface area contributed by atoms with E-state index >= 15 is 0 Å². The minimum atomic E-state index is -3.85. The molecule has 188 valence electrons. The molecule has 7 nitrogen and oxygen atoms in total. The fourth-order valence-corrected chi connectivity index (χ4v) is 7.06. The predicted octanol–water partition coefficient (Wildman–Crippen LogP) is 3.89. The zero-order chi connectivity index (χ0) is 24.1. The Labute approximate surface area is 197 Å². The van der Waals surface area contributed by atoms with Crippen LogP contribution in [0.25, 0.3) is 0 Å². The van der Waals surface area contributed by atoms with Gasteiger partial charge in [0.05, 0.1) is 10.8 Å². The van der Waals surface area contributed by atoms with Crippen molar-refractivity contribution < 1.29 is 27.1 Å². The van der Waals surface area contributed by atoms with Crippen LogP contribution in [-0.2, 0) is 24.3 Å². The number of sulfonamides is 1. The van der Waals surface area contributed by atoms with E-state index in [1.807, 2.05) is 0 Å². The van der Waals surface area contributed by atoms with Crippen molar-refractivity contribution in [2.75, 3.05) is 6.61 Å². The number of hydrogen-bond acceptors (Lipinski definition) is 5. The summed E-state index contributed by atoms with van der Waals surface area (Å²) in [5.74, 6) is -1.45. The van der Waals surface area contributed by atoms with Gasteiger partial charge in [-0.2, -0.15) is 0 Å². The van der Waals surface area contributed by atoms with Crippen LogP contribution in [0.1, 0.15) is 90.9 Å². The number of amides is 1. The lowest BCUT2D eigenvalue weighted by atomic mass is 9.85. The summed E-state index contributed by atoms with van der Waals surface area (Å²) in [6.45, 7) is 3.22. The van der Waals surface area contributed by atoms with Crippen LogP contribution in [-0.4, -0.2) is 44.7 Å². The van der Waals surface area contributed by atoms with Gasteiger partial charge < -0.3 is 10.1 Å². The Hall–Kier alpha value is -1.48. The fourth-order valence-electron chi connectivity index (χ4n) is 5.26. The van der Waals surface area contributed by atoms with Crippen molar-refractivity contribution in [1.29, 1.82) is 0 Å². The molecule has 33 heavy (non-hydrogen) atoms. The topological polar surface area (TPSA) is 102 Å². The van der Waals surface area contributed by atoms with Crippen LogP contribution in [0, 0.1) is 11.8 Å². The van der Waals surface area contributed by atoms with Gasteiger partial charge in [0.25, 0.3) is 5.91 Å². The molecule has 0 aliphatic heterocycles. The third-order valence-electron chi connectivity index (χ3n) is 7.42. The summed E-state index contributed by atoms with van der Waals surface area (Å²) in [6, 6.07) is -0.256. The molecule has 1 amide bonds. The van der Waals surface area contributed by atoms with Crippen molar-refractivity contribution in [2.24, 2.45) is 11.8 Å². The largest absolute Gasteiger partial charge is 0.455 e. The molecule has 0 radical (unpaired) electrons. The monoisotopic (exact) mass is 486 g/mol. The van der Waals surface area contributed by atoms with E-state index in [1.54, 1.807) is 13.8 Å². The first-order chi connectivity index (χ1) is 15.6. The van der Waals surface area contributed by atoms with Crippen molar-refractivity contribution in [3.8, 4) is 0 Å². The van der Waals surface area contributed by atoms with Crippen molar-refractivity contribution >= 4 is 21.9 Å². The molecule has 0 spiro atoms. The second-order valence-corrected chi connectivity index (χ2v) is 11.8. The minimum Gasteiger partial charge on any atom is -0.455 e. The number of halogens is 1. The molecule has 2 saturated carbocycles. The van der Waals surface area contributed by atoms with E-state index in [0.29, 0.717) is 38.5 Å². The van der Waals surface area contributed by atoms with Crippen LogP contribution < -0.4 is 10.0 Å². The molecule has 2 N–H and O–H groups in total. The number of carbonyl (C=O) groups is 2. The zero-order valence-electron chi connectivity index (χ0n) is 19.9. The van der Waals surface area contributed by atoms with E-state index in [9.17, 15) is 22.4 Å². The normalized spacial score (nSPS) is 31.5. The first kappa shape index (κ1) is 26.1. The summed E-state index contributed by atoms with van der Waals surface area (Å²) in [5.41, 5.74) is -1.59. The first-order valence-electron chi connectivity index (χ1n) is 12.5. The molecule has 3 aliphatic rings. The third-order valence-corrected chi connectivity index (χ3v) is 9.21. The van der Waals surface area contributed by atoms with E-state index in [-0.39, 0.29) is 35.8 Å². The van der Waals surface area contributed by atoms with E-state index in [1.165, 1.54) is 12.5 Å². The van der Waals surface area contributed by atoms with Gasteiger partial charge in [0.2, 0.25) is 10.0 Å². The van der Waals surface area contributed by atoms with Gasteiger partial charge in [0.1, 0.15) is 5.67 Å². The summed E-state index contributed by atoms with van der Waals surface area (Å²) in [7, 11) is -3.85. The molecule has 0 bridgehead atoms. The van der Waals surface area contributed by atoms with Crippen molar-refractivity contribution in [3.63, 3.8) is 0 Å². The molecule has 0 saturated heterocycles. The maximum atomic E-state index is 14.8. The Morgan fingerprint density at radius 1 is 1.09 bits per heavy atom. The number of esters is 1. The fraction of sp³-hybridized carbons (Fsp3) is 0.833. The zero-order valence-corrected chi connectivity index (χ0v) is 20.7. The van der Waals surface area contributed by atoms with E-state index < -0.39 is 33.6 Å². The van der Waals surface area contributed by atoms with Gasteiger partial charge >= 0.3 is 5.97 Å². The third kappa shape index (κ3) is 7.25. The molecular formula is C24H39FN2O5S. The van der Waals surface area contributed by atoms with Gasteiger partial charge in [0, 0.05) is 12.1 Å². The Morgan fingerprint density at radius 2 is 1.79 bits per heavy atom. The molecule has 4 unspecified atom stereocenters. The number of allylic oxidation sites excluding steroid dienone is 2. The standard InChI is InChI=1S/C24H39FN2O5S/c1-3-24(25)13-12-17(2)21(15-24)33(30,31)27-20-11-7-8-18(14-20)23(29)32-16-22(28)26-19-9-5-4-6-10-19/h15,17-20,27H,3-14,16H2,1-2H3,(H,26,28). The van der Waals surface area contributed by atoms with Crippen LogP contribution in [0.3, 0.4) is 0 Å². The van der Waals surface area contributed by atoms with Gasteiger partial charge in [-0.1, -0.05) is 39.5 Å². The highest BCUT2D eigenvalue weighted by Gasteiger charge is 2.38. The van der Waals surface area contributed by atoms with Crippen molar-refractivity contribution in [1.82, 2.24) is 10.0 Å². The maximum Gasteiger partial charge on any atom is 0.309 e. The number of alkyl halides is 1. The number of hydrogen-bond donors (Lipinski definition) is 2. The Morgan fingerprint density at radius 3 is 2.48 bits per heavy atom. The van der Waals surface area contributed by atoms with Gasteiger partial charge in [0.15, 0.2) is 6.61 Å². The predicted molar refractivity (Wildman–Crippen MR) is 124 cm³/mol. The van der Waals surface area contributed by atoms with E-state index in [2.05, 4.69) is 10.0 Å². The number of ether oxygens (including phenoxy) is 1. The summed E-state index contributed by atoms with van der Waals surface area (Å²) < 4.78 is 48.9. The lowest BCUT2D eigenvalue weighted by molar-refractivity contribution is -0.154. The van der Waals surface area contributed by atoms with Crippen molar-refractivity contribution in [2.45, 2.75) is 109 Å². The summed E-state index contributed by atoms with van der Waals surface area (Å²) >= 11 is 0. The average Bonchev–Trinajstić information content (AvgIpc) is 2.79. The van der Waals surface area contributed by atoms with E-state index in [0.717, 1.165) is 25.7 Å². The van der Waals surface area contributed by atoms with Crippen LogP contribution in [0.2, 0.25) is 0 Å². The van der Waals surface area contributed by atoms with Crippen LogP contribution in [0.5, 0.6) is 0 Å². The van der Waals surface area contributed by atoms with Crippen molar-refractivity contribution in [3.05, 3.63) is 11.0 Å². The summed E-state index contributed by atoms with van der Waals surface area (Å²) in [5, 5.41) is 2.92. The SMILES string of the molecule is CCC1(F)C=C(S(=O)(=O)NC2CCCC(C(=O)OCC(=O)NC3CCCCC3)C2)C(C)CC1. The highest BCUT2D eigenvalue weighted by atomic mass is 32.2. The lowest BCUT2D eigenvalue weighted by Gasteiger charge is -2.33. The highest BCUT2D eigenvalue weighted by Crippen LogP contribution is 2.38. The molecule has 3 rings (SSSR count). The molecule has 0 heterocycles. The first-order valence-corrected chi connectivity index (χ1v) is 14.0. The Balaban J connectivity index is 1.52. The van der Waals surface area contributed by atoms with Gasteiger partial charge in [-0.25, -0.2) is 17.5 Å². The quantitative estimate of drug-likeness (QED) is 0.507. The summed E-state index contributed by atoms with van der Waals surface area (Å²) in [4.78, 5) is 24.8. The number of rotatable bonds is 8. The van der Waals surface area contributed by atoms with Gasteiger partial charge in [-0.05, 0) is 63.4 Å². The van der Waals surface area contributed by atoms with Crippen LogP contribution in [0.15, 0.2) is 11.0 Å². The minimum absolute atomic E-state index is 0.113. The molecule has 4 atom stereocenters. The highest BCUT2D eigenvalue weighted by molar-refractivity contribution is 7.93.